The Morgan fingerprint density at radius 3 is 2.54 bits per heavy atom. The molecule has 2 amide bonds. The summed E-state index contributed by atoms with van der Waals surface area (Å²) in [6.45, 7) is 3.75. The van der Waals surface area contributed by atoms with Crippen LogP contribution >= 0.6 is 0 Å². The number of carbonyl (C=O) groups is 2. The van der Waals surface area contributed by atoms with E-state index >= 15 is 0 Å². The van der Waals surface area contributed by atoms with Gasteiger partial charge in [0, 0.05) is 42.8 Å². The van der Waals surface area contributed by atoms with Crippen LogP contribution in [-0.2, 0) is 11.3 Å². The first-order valence-corrected chi connectivity index (χ1v) is 8.26. The van der Waals surface area contributed by atoms with Crippen LogP contribution in [0.5, 0.6) is 0 Å². The van der Waals surface area contributed by atoms with Crippen molar-refractivity contribution in [2.75, 3.05) is 5.32 Å². The van der Waals surface area contributed by atoms with E-state index in [0.29, 0.717) is 17.8 Å². The van der Waals surface area contributed by atoms with Crippen LogP contribution in [0.3, 0.4) is 0 Å². The lowest BCUT2D eigenvalue weighted by atomic mass is 10.1. The number of anilines is 1. The first-order valence-electron chi connectivity index (χ1n) is 8.26. The smallest absolute Gasteiger partial charge is 0.251 e. The van der Waals surface area contributed by atoms with Gasteiger partial charge < -0.3 is 15.2 Å². The van der Waals surface area contributed by atoms with Crippen molar-refractivity contribution >= 4 is 17.5 Å². The van der Waals surface area contributed by atoms with Crippen LogP contribution < -0.4 is 10.6 Å². The second-order valence-corrected chi connectivity index (χ2v) is 6.03. The van der Waals surface area contributed by atoms with Gasteiger partial charge in [-0.2, -0.15) is 0 Å². The van der Waals surface area contributed by atoms with Gasteiger partial charge in [-0.15, -0.1) is 0 Å². The monoisotopic (exact) mass is 348 g/mol. The zero-order chi connectivity index (χ0) is 18.5. The molecule has 2 aromatic carbocycles. The highest BCUT2D eigenvalue weighted by molar-refractivity contribution is 5.97. The van der Waals surface area contributed by atoms with E-state index in [-0.39, 0.29) is 11.8 Å². The van der Waals surface area contributed by atoms with Crippen LogP contribution in [0.25, 0.3) is 5.69 Å². The molecule has 0 spiro atoms. The number of rotatable bonds is 5. The number of aryl methyl sites for hydroxylation is 1. The molecule has 0 radical (unpaired) electrons. The van der Waals surface area contributed by atoms with E-state index in [2.05, 4.69) is 15.6 Å². The highest BCUT2D eigenvalue weighted by Crippen LogP contribution is 2.17. The fourth-order valence-corrected chi connectivity index (χ4v) is 2.57. The predicted octanol–water partition coefficient (Wildman–Crippen LogP) is 3.07. The third-order valence-corrected chi connectivity index (χ3v) is 4.00. The summed E-state index contributed by atoms with van der Waals surface area (Å²) >= 11 is 0. The van der Waals surface area contributed by atoms with Gasteiger partial charge in [0.2, 0.25) is 5.91 Å². The molecule has 0 saturated heterocycles. The molecule has 26 heavy (non-hydrogen) atoms. The van der Waals surface area contributed by atoms with Gasteiger partial charge in [-0.1, -0.05) is 18.2 Å². The minimum atomic E-state index is -0.185. The second-order valence-electron chi connectivity index (χ2n) is 6.03. The lowest BCUT2D eigenvalue weighted by Crippen LogP contribution is -2.23. The third kappa shape index (κ3) is 4.16. The van der Waals surface area contributed by atoms with Crippen molar-refractivity contribution in [1.82, 2.24) is 14.9 Å². The first kappa shape index (κ1) is 17.4. The molecule has 0 aliphatic carbocycles. The molecule has 132 valence electrons. The van der Waals surface area contributed by atoms with Crippen molar-refractivity contribution in [2.24, 2.45) is 0 Å². The standard InChI is InChI=1S/C20H20N4O2/c1-14-3-6-17(11-19(14)23-15(2)25)20(26)22-12-16-4-7-18(8-5-16)24-10-9-21-13-24/h3-11,13H,12H2,1-2H3,(H,22,26)(H,23,25). The van der Waals surface area contributed by atoms with Crippen molar-refractivity contribution in [3.05, 3.63) is 77.9 Å². The average Bonchev–Trinajstić information content (AvgIpc) is 3.16. The number of amides is 2. The van der Waals surface area contributed by atoms with Gasteiger partial charge >= 0.3 is 0 Å². The molecular weight excluding hydrogens is 328 g/mol. The van der Waals surface area contributed by atoms with Gasteiger partial charge in [-0.3, -0.25) is 9.59 Å². The molecule has 0 aliphatic heterocycles. The molecule has 0 bridgehead atoms. The molecule has 3 rings (SSSR count). The Labute approximate surface area is 151 Å². The lowest BCUT2D eigenvalue weighted by molar-refractivity contribution is -0.114. The maximum absolute atomic E-state index is 12.4. The SMILES string of the molecule is CC(=O)Nc1cc(C(=O)NCc2ccc(-n3ccnc3)cc2)ccc1C. The Bertz CT molecular complexity index is 915. The Balaban J connectivity index is 1.64. The number of hydrogen-bond acceptors (Lipinski definition) is 3. The highest BCUT2D eigenvalue weighted by atomic mass is 16.2. The van der Waals surface area contributed by atoms with Crippen LogP contribution in [0.2, 0.25) is 0 Å². The Morgan fingerprint density at radius 2 is 1.88 bits per heavy atom. The summed E-state index contributed by atoms with van der Waals surface area (Å²) in [5, 5.41) is 5.63. The van der Waals surface area contributed by atoms with E-state index in [1.165, 1.54) is 6.92 Å². The molecule has 0 fully saturated rings. The van der Waals surface area contributed by atoms with E-state index in [1.807, 2.05) is 48.0 Å². The van der Waals surface area contributed by atoms with Gasteiger partial charge in [0.25, 0.3) is 5.91 Å². The summed E-state index contributed by atoms with van der Waals surface area (Å²) in [5.74, 6) is -0.348. The van der Waals surface area contributed by atoms with Crippen LogP contribution in [0.1, 0.15) is 28.4 Å². The largest absolute Gasteiger partial charge is 0.348 e. The van der Waals surface area contributed by atoms with Crippen molar-refractivity contribution in [3.8, 4) is 5.69 Å². The summed E-state index contributed by atoms with van der Waals surface area (Å²) in [4.78, 5) is 27.7. The summed E-state index contributed by atoms with van der Waals surface area (Å²) in [5.41, 5.74) is 4.07. The van der Waals surface area contributed by atoms with E-state index in [1.54, 1.807) is 24.7 Å². The molecule has 0 unspecified atom stereocenters. The number of nitrogens with one attached hydrogen (secondary N) is 2. The van der Waals surface area contributed by atoms with Crippen molar-refractivity contribution in [3.63, 3.8) is 0 Å². The van der Waals surface area contributed by atoms with Gasteiger partial charge in [0.15, 0.2) is 0 Å². The number of imidazole rings is 1. The maximum atomic E-state index is 12.4. The van der Waals surface area contributed by atoms with Crippen molar-refractivity contribution in [1.29, 1.82) is 0 Å². The van der Waals surface area contributed by atoms with Crippen LogP contribution in [0, 0.1) is 6.92 Å². The molecule has 1 heterocycles. The van der Waals surface area contributed by atoms with E-state index in [4.69, 9.17) is 0 Å². The summed E-state index contributed by atoms with van der Waals surface area (Å²) in [6.07, 6.45) is 5.34. The highest BCUT2D eigenvalue weighted by Gasteiger charge is 2.09. The number of carbonyl (C=O) groups excluding carboxylic acids is 2. The Hall–Kier alpha value is -3.41. The van der Waals surface area contributed by atoms with Crippen molar-refractivity contribution in [2.45, 2.75) is 20.4 Å². The van der Waals surface area contributed by atoms with Gasteiger partial charge in [-0.25, -0.2) is 4.98 Å². The quantitative estimate of drug-likeness (QED) is 0.744. The number of benzene rings is 2. The fraction of sp³-hybridized carbons (Fsp3) is 0.150. The fourth-order valence-electron chi connectivity index (χ4n) is 2.57. The number of aromatic nitrogens is 2. The second kappa shape index (κ2) is 7.65. The normalized spacial score (nSPS) is 10.4. The molecular formula is C20H20N4O2. The average molecular weight is 348 g/mol. The number of hydrogen-bond donors (Lipinski definition) is 2. The minimum absolute atomic E-state index is 0.163. The van der Waals surface area contributed by atoms with Crippen LogP contribution in [0.15, 0.2) is 61.2 Å². The summed E-state index contributed by atoms with van der Waals surface area (Å²) in [7, 11) is 0. The van der Waals surface area contributed by atoms with E-state index in [0.717, 1.165) is 16.8 Å². The summed E-state index contributed by atoms with van der Waals surface area (Å²) in [6, 6.07) is 13.1. The van der Waals surface area contributed by atoms with Crippen molar-refractivity contribution < 1.29 is 9.59 Å². The van der Waals surface area contributed by atoms with Crippen LogP contribution in [-0.4, -0.2) is 21.4 Å². The summed E-state index contributed by atoms with van der Waals surface area (Å²) < 4.78 is 1.91. The van der Waals surface area contributed by atoms with E-state index < -0.39 is 0 Å². The molecule has 6 heteroatoms. The molecule has 0 aliphatic rings. The zero-order valence-electron chi connectivity index (χ0n) is 14.7. The lowest BCUT2D eigenvalue weighted by Gasteiger charge is -2.10. The third-order valence-electron chi connectivity index (χ3n) is 4.00. The molecule has 6 nitrogen and oxygen atoms in total. The molecule has 1 aromatic heterocycles. The maximum Gasteiger partial charge on any atom is 0.251 e. The Kier molecular flexibility index (Phi) is 5.12. The molecule has 3 aromatic rings. The minimum Gasteiger partial charge on any atom is -0.348 e. The molecule has 0 atom stereocenters. The topological polar surface area (TPSA) is 76.0 Å². The van der Waals surface area contributed by atoms with Gasteiger partial charge in [0.1, 0.15) is 0 Å². The number of nitrogens with zero attached hydrogens (tertiary/aromatic N) is 2. The van der Waals surface area contributed by atoms with Gasteiger partial charge in [-0.05, 0) is 42.3 Å². The zero-order valence-corrected chi connectivity index (χ0v) is 14.7. The predicted molar refractivity (Wildman–Crippen MR) is 100 cm³/mol. The molecule has 0 saturated carbocycles. The Morgan fingerprint density at radius 1 is 1.12 bits per heavy atom. The molecule has 2 N–H and O–H groups in total. The van der Waals surface area contributed by atoms with Crippen LogP contribution in [0.4, 0.5) is 5.69 Å². The van der Waals surface area contributed by atoms with Gasteiger partial charge in [0.05, 0.1) is 6.33 Å². The van der Waals surface area contributed by atoms with E-state index in [9.17, 15) is 9.59 Å². The first-order chi connectivity index (χ1) is 12.5.